The van der Waals surface area contributed by atoms with E-state index in [1.54, 1.807) is 6.07 Å². The first-order valence-electron chi connectivity index (χ1n) is 6.56. The van der Waals surface area contributed by atoms with Gasteiger partial charge in [-0.05, 0) is 39.3 Å². The molecule has 5 heteroatoms. The predicted octanol–water partition coefficient (Wildman–Crippen LogP) is 4.56. The van der Waals surface area contributed by atoms with E-state index in [2.05, 4.69) is 32.2 Å². The van der Waals surface area contributed by atoms with Crippen molar-refractivity contribution in [2.24, 2.45) is 0 Å². The van der Waals surface area contributed by atoms with Gasteiger partial charge in [0.15, 0.2) is 6.10 Å². The zero-order chi connectivity index (χ0) is 15.3. The lowest BCUT2D eigenvalue weighted by atomic mass is 10.1. The first-order valence-corrected chi connectivity index (χ1v) is 7.31. The molecule has 0 radical (unpaired) electrons. The second-order valence-corrected chi connectivity index (χ2v) is 6.47. The van der Waals surface area contributed by atoms with Crippen LogP contribution in [0.5, 0.6) is 5.75 Å². The van der Waals surface area contributed by atoms with E-state index in [0.29, 0.717) is 28.8 Å². The fraction of sp³-hybridized carbons (Fsp3) is 0.533. The topological polar surface area (TPSA) is 45.0 Å². The van der Waals surface area contributed by atoms with Crippen molar-refractivity contribution in [1.82, 2.24) is 5.32 Å². The molecule has 0 aromatic heterocycles. The van der Waals surface area contributed by atoms with Gasteiger partial charge < -0.3 is 10.1 Å². The van der Waals surface area contributed by atoms with Crippen LogP contribution in [0.1, 0.15) is 39.7 Å². The van der Waals surface area contributed by atoms with E-state index < -0.39 is 6.10 Å². The standard InChI is InChI=1S/C15H20Cl2N2O/c1-5-12(8-18)20-14-10(9-19-15(2,3)4)6-11(16)7-13(14)17/h6-7,12,19H,5,9H2,1-4H3. The van der Waals surface area contributed by atoms with E-state index >= 15 is 0 Å². The minimum atomic E-state index is -0.512. The average molecular weight is 315 g/mol. The van der Waals surface area contributed by atoms with Crippen LogP contribution in [0.4, 0.5) is 0 Å². The molecule has 1 atom stereocenters. The van der Waals surface area contributed by atoms with Crippen molar-refractivity contribution >= 4 is 23.2 Å². The summed E-state index contributed by atoms with van der Waals surface area (Å²) in [7, 11) is 0. The van der Waals surface area contributed by atoms with Crippen LogP contribution in [0, 0.1) is 11.3 Å². The van der Waals surface area contributed by atoms with Gasteiger partial charge in [0, 0.05) is 22.7 Å². The molecule has 1 aromatic rings. The molecule has 0 bridgehead atoms. The number of hydrogen-bond acceptors (Lipinski definition) is 3. The van der Waals surface area contributed by atoms with Gasteiger partial charge in [0.25, 0.3) is 0 Å². The maximum Gasteiger partial charge on any atom is 0.184 e. The Balaban J connectivity index is 3.05. The third-order valence-corrected chi connectivity index (χ3v) is 3.17. The largest absolute Gasteiger partial charge is 0.474 e. The Bertz CT molecular complexity index is 504. The van der Waals surface area contributed by atoms with Gasteiger partial charge in [0.05, 0.1) is 5.02 Å². The molecule has 0 saturated carbocycles. The zero-order valence-electron chi connectivity index (χ0n) is 12.3. The summed E-state index contributed by atoms with van der Waals surface area (Å²) in [6, 6.07) is 5.55. The van der Waals surface area contributed by atoms with Crippen molar-refractivity contribution in [1.29, 1.82) is 5.26 Å². The second-order valence-electron chi connectivity index (χ2n) is 5.62. The number of rotatable bonds is 5. The maximum atomic E-state index is 9.02. The molecule has 20 heavy (non-hydrogen) atoms. The summed E-state index contributed by atoms with van der Waals surface area (Å²) in [6.07, 6.45) is 0.0868. The van der Waals surface area contributed by atoms with E-state index in [-0.39, 0.29) is 5.54 Å². The summed E-state index contributed by atoms with van der Waals surface area (Å²) in [5.41, 5.74) is 0.817. The number of nitrogens with zero attached hydrogens (tertiary/aromatic N) is 1. The lowest BCUT2D eigenvalue weighted by Gasteiger charge is -2.23. The summed E-state index contributed by atoms with van der Waals surface area (Å²) >= 11 is 12.2. The highest BCUT2D eigenvalue weighted by Crippen LogP contribution is 2.33. The molecule has 3 nitrogen and oxygen atoms in total. The smallest absolute Gasteiger partial charge is 0.184 e. The van der Waals surface area contributed by atoms with Gasteiger partial charge in [-0.3, -0.25) is 0 Å². The van der Waals surface area contributed by atoms with Gasteiger partial charge in [-0.1, -0.05) is 30.1 Å². The summed E-state index contributed by atoms with van der Waals surface area (Å²) < 4.78 is 5.70. The molecule has 1 rings (SSSR count). The third-order valence-electron chi connectivity index (χ3n) is 2.67. The Kier molecular flexibility index (Phi) is 6.13. The number of halogens is 2. The first-order chi connectivity index (χ1) is 9.26. The van der Waals surface area contributed by atoms with E-state index in [0.717, 1.165) is 5.56 Å². The van der Waals surface area contributed by atoms with Crippen molar-refractivity contribution in [3.05, 3.63) is 27.7 Å². The van der Waals surface area contributed by atoms with Gasteiger partial charge in [0.1, 0.15) is 11.8 Å². The monoisotopic (exact) mass is 314 g/mol. The molecule has 0 spiro atoms. The minimum Gasteiger partial charge on any atom is -0.474 e. The zero-order valence-corrected chi connectivity index (χ0v) is 13.8. The molecule has 0 aliphatic heterocycles. The molecule has 0 fully saturated rings. The highest BCUT2D eigenvalue weighted by atomic mass is 35.5. The van der Waals surface area contributed by atoms with Crippen molar-refractivity contribution in [3.63, 3.8) is 0 Å². The van der Waals surface area contributed by atoms with Gasteiger partial charge in [-0.25, -0.2) is 0 Å². The summed E-state index contributed by atoms with van der Waals surface area (Å²) in [5, 5.41) is 13.4. The van der Waals surface area contributed by atoms with Gasteiger partial charge in [-0.2, -0.15) is 5.26 Å². The molecule has 0 aliphatic rings. The van der Waals surface area contributed by atoms with E-state index in [1.807, 2.05) is 13.0 Å². The van der Waals surface area contributed by atoms with Crippen LogP contribution >= 0.6 is 23.2 Å². The van der Waals surface area contributed by atoms with Crippen molar-refractivity contribution in [3.8, 4) is 11.8 Å². The molecule has 1 unspecified atom stereocenters. The molecular weight excluding hydrogens is 295 g/mol. The van der Waals surface area contributed by atoms with Crippen molar-refractivity contribution in [2.75, 3.05) is 0 Å². The van der Waals surface area contributed by atoms with E-state index in [1.165, 1.54) is 0 Å². The Labute approximate surface area is 130 Å². The van der Waals surface area contributed by atoms with Crippen LogP contribution in [-0.4, -0.2) is 11.6 Å². The highest BCUT2D eigenvalue weighted by molar-refractivity contribution is 6.35. The normalized spacial score (nSPS) is 12.8. The number of nitrogens with one attached hydrogen (secondary N) is 1. The molecule has 0 amide bonds. The lowest BCUT2D eigenvalue weighted by molar-refractivity contribution is 0.248. The number of ether oxygens (including phenoxy) is 1. The summed E-state index contributed by atoms with van der Waals surface area (Å²) in [5.74, 6) is 0.529. The molecular formula is C15H20Cl2N2O. The molecule has 0 saturated heterocycles. The summed E-state index contributed by atoms with van der Waals surface area (Å²) in [6.45, 7) is 8.68. The van der Waals surface area contributed by atoms with Crippen molar-refractivity contribution in [2.45, 2.75) is 52.3 Å². The van der Waals surface area contributed by atoms with E-state index in [4.69, 9.17) is 33.2 Å². The van der Waals surface area contributed by atoms with Gasteiger partial charge >= 0.3 is 0 Å². The van der Waals surface area contributed by atoms with Gasteiger partial charge in [-0.15, -0.1) is 0 Å². The number of nitriles is 1. The summed E-state index contributed by atoms with van der Waals surface area (Å²) in [4.78, 5) is 0. The Morgan fingerprint density at radius 2 is 2.00 bits per heavy atom. The molecule has 0 aliphatic carbocycles. The number of benzene rings is 1. The third kappa shape index (κ3) is 5.20. The lowest BCUT2D eigenvalue weighted by Crippen LogP contribution is -2.35. The van der Waals surface area contributed by atoms with Crippen LogP contribution in [0.15, 0.2) is 12.1 Å². The Hall–Kier alpha value is -0.950. The molecule has 1 aromatic carbocycles. The van der Waals surface area contributed by atoms with Crippen LogP contribution in [0.25, 0.3) is 0 Å². The molecule has 0 heterocycles. The van der Waals surface area contributed by atoms with E-state index in [9.17, 15) is 0 Å². The SMILES string of the molecule is CCC(C#N)Oc1c(Cl)cc(Cl)cc1CNC(C)(C)C. The van der Waals surface area contributed by atoms with Crippen molar-refractivity contribution < 1.29 is 4.74 Å². The quantitative estimate of drug-likeness (QED) is 0.866. The number of hydrogen-bond donors (Lipinski definition) is 1. The average Bonchev–Trinajstić information content (AvgIpc) is 2.34. The van der Waals surface area contributed by atoms with Crippen LogP contribution < -0.4 is 10.1 Å². The van der Waals surface area contributed by atoms with Crippen LogP contribution in [0.2, 0.25) is 10.0 Å². The molecule has 110 valence electrons. The fourth-order valence-electron chi connectivity index (χ4n) is 1.58. The Morgan fingerprint density at radius 3 is 2.50 bits per heavy atom. The Morgan fingerprint density at radius 1 is 1.35 bits per heavy atom. The fourth-order valence-corrected chi connectivity index (χ4v) is 2.16. The second kappa shape index (κ2) is 7.17. The molecule has 1 N–H and O–H groups in total. The first kappa shape index (κ1) is 17.1. The maximum absolute atomic E-state index is 9.02. The minimum absolute atomic E-state index is 0.0363. The highest BCUT2D eigenvalue weighted by Gasteiger charge is 2.17. The van der Waals surface area contributed by atoms with Crippen LogP contribution in [0.3, 0.4) is 0 Å². The van der Waals surface area contributed by atoms with Crippen LogP contribution in [-0.2, 0) is 6.54 Å². The predicted molar refractivity (Wildman–Crippen MR) is 83.4 cm³/mol. The van der Waals surface area contributed by atoms with Gasteiger partial charge in [0.2, 0.25) is 0 Å².